The summed E-state index contributed by atoms with van der Waals surface area (Å²) in [5.74, 6) is 1.34. The molecule has 0 aromatic carbocycles. The summed E-state index contributed by atoms with van der Waals surface area (Å²) in [6.45, 7) is 2.05. The van der Waals surface area contributed by atoms with Crippen LogP contribution >= 0.6 is 11.8 Å². The number of rotatable bonds is 2. The number of carbonyl (C=O) groups excluding carboxylic acids is 1. The van der Waals surface area contributed by atoms with Crippen LogP contribution in [0.5, 0.6) is 0 Å². The first-order valence-corrected chi connectivity index (χ1v) is 6.29. The summed E-state index contributed by atoms with van der Waals surface area (Å²) >= 11 is 1.79. The summed E-state index contributed by atoms with van der Waals surface area (Å²) in [6.07, 6.45) is 4.08. The van der Waals surface area contributed by atoms with Crippen LogP contribution in [0.15, 0.2) is 0 Å². The molecule has 1 saturated heterocycles. The molecule has 1 aliphatic heterocycles. The third-order valence-electron chi connectivity index (χ3n) is 3.21. The number of thioether (sulfide) groups is 1. The largest absolute Gasteiger partial charge is 0.352 e. The average Bonchev–Trinajstić information content (AvgIpc) is 2.51. The van der Waals surface area contributed by atoms with Gasteiger partial charge in [0, 0.05) is 12.1 Å². The molecule has 0 spiro atoms. The first-order valence-electron chi connectivity index (χ1n) is 5.31. The highest BCUT2D eigenvalue weighted by Crippen LogP contribution is 2.38. The summed E-state index contributed by atoms with van der Waals surface area (Å²) in [7, 11) is 0. The Bertz CT molecular complexity index is 232. The molecule has 0 bridgehead atoms. The maximum Gasteiger partial charge on any atom is 0.236 e. The van der Waals surface area contributed by atoms with Crippen molar-refractivity contribution < 1.29 is 4.79 Å². The number of amides is 1. The van der Waals surface area contributed by atoms with E-state index in [1.807, 2.05) is 0 Å². The van der Waals surface area contributed by atoms with E-state index in [1.54, 1.807) is 11.8 Å². The predicted octanol–water partition coefficient (Wildman–Crippen LogP) is 0.878. The van der Waals surface area contributed by atoms with Crippen molar-refractivity contribution in [3.05, 3.63) is 0 Å². The molecular weight excluding hydrogens is 196 g/mol. The van der Waals surface area contributed by atoms with Gasteiger partial charge in [-0.05, 0) is 38.4 Å². The Hall–Kier alpha value is -0.220. The quantitative estimate of drug-likeness (QED) is 0.717. The lowest BCUT2D eigenvalue weighted by molar-refractivity contribution is -0.124. The number of nitrogens with two attached hydrogens (primary N) is 1. The minimum absolute atomic E-state index is 0.167. The van der Waals surface area contributed by atoms with Crippen LogP contribution < -0.4 is 11.1 Å². The van der Waals surface area contributed by atoms with Crippen molar-refractivity contribution in [1.82, 2.24) is 5.32 Å². The van der Waals surface area contributed by atoms with Gasteiger partial charge in [0.05, 0.1) is 4.75 Å². The topological polar surface area (TPSA) is 55.1 Å². The molecule has 1 aliphatic carbocycles. The van der Waals surface area contributed by atoms with Crippen molar-refractivity contribution in [2.24, 2.45) is 5.73 Å². The fourth-order valence-corrected chi connectivity index (χ4v) is 3.29. The minimum Gasteiger partial charge on any atom is -0.352 e. The Morgan fingerprint density at radius 3 is 2.79 bits per heavy atom. The van der Waals surface area contributed by atoms with Gasteiger partial charge in [0.2, 0.25) is 5.91 Å². The van der Waals surface area contributed by atoms with Crippen LogP contribution in [0, 0.1) is 0 Å². The van der Waals surface area contributed by atoms with Gasteiger partial charge in [-0.1, -0.05) is 0 Å². The number of hydrogen-bond acceptors (Lipinski definition) is 3. The lowest BCUT2D eigenvalue weighted by atomic mass is 9.87. The van der Waals surface area contributed by atoms with E-state index in [0.717, 1.165) is 25.0 Å². The van der Waals surface area contributed by atoms with Gasteiger partial charge in [-0.15, -0.1) is 11.8 Å². The molecule has 2 rings (SSSR count). The van der Waals surface area contributed by atoms with Gasteiger partial charge >= 0.3 is 0 Å². The van der Waals surface area contributed by atoms with Crippen LogP contribution in [-0.2, 0) is 4.79 Å². The summed E-state index contributed by atoms with van der Waals surface area (Å²) in [5, 5.41) is 3.09. The molecule has 14 heavy (non-hydrogen) atoms. The molecule has 0 aromatic heterocycles. The van der Waals surface area contributed by atoms with Gasteiger partial charge in [-0.25, -0.2) is 0 Å². The number of nitrogens with one attached hydrogen (secondary N) is 1. The fraction of sp³-hybridized carbons (Fsp3) is 0.900. The smallest absolute Gasteiger partial charge is 0.236 e. The van der Waals surface area contributed by atoms with Crippen LogP contribution in [0.3, 0.4) is 0 Å². The maximum atomic E-state index is 11.9. The molecule has 1 unspecified atom stereocenters. The molecule has 3 nitrogen and oxygen atoms in total. The monoisotopic (exact) mass is 214 g/mol. The van der Waals surface area contributed by atoms with Crippen LogP contribution in [0.25, 0.3) is 0 Å². The lowest BCUT2D eigenvalue weighted by Gasteiger charge is -2.35. The second kappa shape index (κ2) is 3.74. The van der Waals surface area contributed by atoms with E-state index in [1.165, 1.54) is 6.42 Å². The van der Waals surface area contributed by atoms with Crippen molar-refractivity contribution in [3.63, 3.8) is 0 Å². The highest BCUT2D eigenvalue weighted by Gasteiger charge is 2.39. The highest BCUT2D eigenvalue weighted by molar-refractivity contribution is 8.01. The zero-order valence-corrected chi connectivity index (χ0v) is 9.40. The van der Waals surface area contributed by atoms with E-state index < -0.39 is 0 Å². The zero-order chi connectivity index (χ0) is 10.2. The molecule has 2 aliphatic rings. The van der Waals surface area contributed by atoms with E-state index in [-0.39, 0.29) is 10.7 Å². The maximum absolute atomic E-state index is 11.9. The predicted molar refractivity (Wildman–Crippen MR) is 59.2 cm³/mol. The van der Waals surface area contributed by atoms with Gasteiger partial charge in [0.15, 0.2) is 0 Å². The average molecular weight is 214 g/mol. The van der Waals surface area contributed by atoms with Gasteiger partial charge in [0.25, 0.3) is 0 Å². The summed E-state index contributed by atoms with van der Waals surface area (Å²) in [6, 6.07) is 0.653. The third-order valence-corrected chi connectivity index (χ3v) is 4.73. The second-order valence-corrected chi connectivity index (χ2v) is 6.18. The molecule has 1 atom stereocenters. The summed E-state index contributed by atoms with van der Waals surface area (Å²) < 4.78 is -0.167. The van der Waals surface area contributed by atoms with E-state index >= 15 is 0 Å². The van der Waals surface area contributed by atoms with E-state index in [0.29, 0.717) is 12.1 Å². The Kier molecular flexibility index (Phi) is 2.75. The molecule has 3 N–H and O–H groups in total. The molecule has 4 heteroatoms. The van der Waals surface area contributed by atoms with Crippen LogP contribution in [0.2, 0.25) is 0 Å². The van der Waals surface area contributed by atoms with Gasteiger partial charge in [-0.3, -0.25) is 4.79 Å². The Morgan fingerprint density at radius 2 is 2.29 bits per heavy atom. The van der Waals surface area contributed by atoms with E-state index in [9.17, 15) is 4.79 Å². The molecule has 0 aromatic rings. The van der Waals surface area contributed by atoms with Crippen LogP contribution in [0.4, 0.5) is 0 Å². The molecule has 80 valence electrons. The molecule has 1 amide bonds. The molecule has 1 heterocycles. The van der Waals surface area contributed by atoms with E-state index in [2.05, 4.69) is 12.2 Å². The Labute approximate surface area is 89.2 Å². The summed E-state index contributed by atoms with van der Waals surface area (Å²) in [5.41, 5.74) is 5.67. The first-order chi connectivity index (χ1) is 6.60. The standard InChI is InChI=1S/C10H18N2OS/c1-10(3-2-4-14-10)9(13)12-8-5-7(11)6-8/h7-8H,2-6,11H2,1H3,(H,12,13). The van der Waals surface area contributed by atoms with Crippen molar-refractivity contribution in [3.8, 4) is 0 Å². The van der Waals surface area contributed by atoms with Crippen molar-refractivity contribution in [2.75, 3.05) is 5.75 Å². The molecule has 0 radical (unpaired) electrons. The first kappa shape index (κ1) is 10.3. The Morgan fingerprint density at radius 1 is 1.57 bits per heavy atom. The summed E-state index contributed by atoms with van der Waals surface area (Å²) in [4.78, 5) is 11.9. The number of hydrogen-bond donors (Lipinski definition) is 2. The lowest BCUT2D eigenvalue weighted by Crippen LogP contribution is -2.54. The number of carbonyl (C=O) groups is 1. The van der Waals surface area contributed by atoms with Crippen molar-refractivity contribution >= 4 is 17.7 Å². The second-order valence-electron chi connectivity index (χ2n) is 4.58. The van der Waals surface area contributed by atoms with Crippen LogP contribution in [0.1, 0.15) is 32.6 Å². The SMILES string of the molecule is CC1(C(=O)NC2CC(N)C2)CCCS1. The van der Waals surface area contributed by atoms with Crippen LogP contribution in [-0.4, -0.2) is 28.5 Å². The highest BCUT2D eigenvalue weighted by atomic mass is 32.2. The Balaban J connectivity index is 1.83. The fourth-order valence-electron chi connectivity index (χ4n) is 2.08. The van der Waals surface area contributed by atoms with E-state index in [4.69, 9.17) is 5.73 Å². The van der Waals surface area contributed by atoms with Gasteiger partial charge in [-0.2, -0.15) is 0 Å². The minimum atomic E-state index is -0.167. The molecule has 2 fully saturated rings. The van der Waals surface area contributed by atoms with Crippen molar-refractivity contribution in [1.29, 1.82) is 0 Å². The molecular formula is C10H18N2OS. The van der Waals surface area contributed by atoms with Gasteiger partial charge in [0.1, 0.15) is 0 Å². The normalized spacial score (nSPS) is 41.9. The molecule has 1 saturated carbocycles. The van der Waals surface area contributed by atoms with Crippen molar-refractivity contribution in [2.45, 2.75) is 49.4 Å². The zero-order valence-electron chi connectivity index (χ0n) is 8.58. The van der Waals surface area contributed by atoms with Gasteiger partial charge < -0.3 is 11.1 Å². The third kappa shape index (κ3) is 1.91.